The van der Waals surface area contributed by atoms with Gasteiger partial charge in [-0.2, -0.15) is 0 Å². The second-order valence-corrected chi connectivity index (χ2v) is 11.2. The largest absolute Gasteiger partial charge is 0.458 e. The summed E-state index contributed by atoms with van der Waals surface area (Å²) in [5.41, 5.74) is 0.0933. The van der Waals surface area contributed by atoms with Crippen LogP contribution in [0.1, 0.15) is 79.3 Å². The van der Waals surface area contributed by atoms with Crippen LogP contribution in [-0.2, 0) is 19.1 Å². The molecule has 7 atom stereocenters. The first-order valence-electron chi connectivity index (χ1n) is 12.7. The minimum absolute atomic E-state index is 0.0533. The third-order valence-electron chi connectivity index (χ3n) is 7.98. The van der Waals surface area contributed by atoms with Gasteiger partial charge in [-0.15, -0.1) is 0 Å². The summed E-state index contributed by atoms with van der Waals surface area (Å²) in [5, 5.41) is 21.7. The molecule has 0 amide bonds. The lowest BCUT2D eigenvalue weighted by Crippen LogP contribution is -2.45. The highest BCUT2D eigenvalue weighted by Crippen LogP contribution is 2.45. The van der Waals surface area contributed by atoms with Gasteiger partial charge in [0.1, 0.15) is 11.9 Å². The van der Waals surface area contributed by atoms with Crippen molar-refractivity contribution in [1.82, 2.24) is 4.98 Å². The zero-order valence-electron chi connectivity index (χ0n) is 21.9. The van der Waals surface area contributed by atoms with Gasteiger partial charge >= 0.3 is 5.97 Å². The normalized spacial score (nSPS) is 37.3. The maximum absolute atomic E-state index is 13.2. The van der Waals surface area contributed by atoms with E-state index in [0.717, 1.165) is 30.5 Å². The molecule has 0 aromatic carbocycles. The Bertz CT molecular complexity index is 929. The third kappa shape index (κ3) is 6.57. The summed E-state index contributed by atoms with van der Waals surface area (Å²) in [6.07, 6.45) is 3.60. The molecule has 1 aromatic rings. The van der Waals surface area contributed by atoms with Crippen LogP contribution < -0.4 is 0 Å². The fourth-order valence-electron chi connectivity index (χ4n) is 5.08. The number of hydrogen-bond donors (Lipinski definition) is 2. The van der Waals surface area contributed by atoms with Crippen LogP contribution in [0.2, 0.25) is 0 Å². The molecular weight excluding hydrogens is 446 g/mol. The van der Waals surface area contributed by atoms with E-state index >= 15 is 0 Å². The van der Waals surface area contributed by atoms with Crippen LogP contribution in [0.4, 0.5) is 0 Å². The molecule has 1 unspecified atom stereocenters. The number of ether oxygens (including phenoxy) is 2. The fourth-order valence-corrected chi connectivity index (χ4v) is 5.08. The number of epoxide rings is 1. The van der Waals surface area contributed by atoms with Crippen molar-refractivity contribution in [2.45, 2.75) is 104 Å². The van der Waals surface area contributed by atoms with Gasteiger partial charge in [0.05, 0.1) is 41.4 Å². The van der Waals surface area contributed by atoms with Crippen LogP contribution in [0.25, 0.3) is 6.08 Å². The maximum Gasteiger partial charge on any atom is 0.309 e. The second-order valence-electron chi connectivity index (χ2n) is 11.2. The van der Waals surface area contributed by atoms with Crippen LogP contribution in [0.15, 0.2) is 30.0 Å². The van der Waals surface area contributed by atoms with Crippen molar-refractivity contribution in [1.29, 1.82) is 0 Å². The maximum atomic E-state index is 13.2. The Balaban J connectivity index is 1.86. The molecule has 2 N–H and O–H groups in total. The molecule has 3 heterocycles. The van der Waals surface area contributed by atoms with Crippen molar-refractivity contribution >= 4 is 17.8 Å². The Morgan fingerprint density at radius 1 is 1.17 bits per heavy atom. The molecule has 0 radical (unpaired) electrons. The molecule has 3 rings (SSSR count). The van der Waals surface area contributed by atoms with Crippen LogP contribution in [0.5, 0.6) is 0 Å². The molecule has 7 nitrogen and oxygen atoms in total. The van der Waals surface area contributed by atoms with Gasteiger partial charge in [0.25, 0.3) is 0 Å². The number of pyridine rings is 1. The zero-order valence-corrected chi connectivity index (χ0v) is 21.9. The lowest BCUT2D eigenvalue weighted by atomic mass is 9.73. The number of Topliss-reactive ketones (excluding diaryl/α,β-unsaturated/α-hetero) is 1. The molecule has 7 heteroatoms. The summed E-state index contributed by atoms with van der Waals surface area (Å²) in [7, 11) is 0. The van der Waals surface area contributed by atoms with Crippen molar-refractivity contribution in [3.8, 4) is 0 Å². The molecule has 0 bridgehead atoms. The highest BCUT2D eigenvalue weighted by molar-refractivity contribution is 5.88. The lowest BCUT2D eigenvalue weighted by Gasteiger charge is -2.34. The third-order valence-corrected chi connectivity index (χ3v) is 7.98. The van der Waals surface area contributed by atoms with Crippen LogP contribution in [-0.4, -0.2) is 57.0 Å². The Morgan fingerprint density at radius 3 is 2.54 bits per heavy atom. The number of ketones is 1. The van der Waals surface area contributed by atoms with Gasteiger partial charge in [-0.05, 0) is 56.4 Å². The van der Waals surface area contributed by atoms with E-state index in [4.69, 9.17) is 9.47 Å². The van der Waals surface area contributed by atoms with E-state index in [9.17, 15) is 19.8 Å². The first kappa shape index (κ1) is 27.5. The highest BCUT2D eigenvalue weighted by Gasteiger charge is 2.53. The molecule has 194 valence electrons. The van der Waals surface area contributed by atoms with E-state index in [0.29, 0.717) is 6.42 Å². The zero-order chi connectivity index (χ0) is 26.0. The highest BCUT2D eigenvalue weighted by atomic mass is 16.6. The predicted molar refractivity (Wildman–Crippen MR) is 133 cm³/mol. The topological polar surface area (TPSA) is 109 Å². The van der Waals surface area contributed by atoms with Gasteiger partial charge in [0, 0.05) is 18.5 Å². The molecule has 0 spiro atoms. The molecule has 2 saturated heterocycles. The Labute approximate surface area is 208 Å². The summed E-state index contributed by atoms with van der Waals surface area (Å²) in [4.78, 5) is 30.5. The average Bonchev–Trinajstić information content (AvgIpc) is 3.45. The van der Waals surface area contributed by atoms with Gasteiger partial charge in [-0.1, -0.05) is 40.2 Å². The van der Waals surface area contributed by atoms with E-state index in [2.05, 4.69) is 11.9 Å². The summed E-state index contributed by atoms with van der Waals surface area (Å²) < 4.78 is 11.9. The first-order valence-corrected chi connectivity index (χ1v) is 12.7. The predicted octanol–water partition coefficient (Wildman–Crippen LogP) is 4.11. The molecule has 35 heavy (non-hydrogen) atoms. The molecule has 1 aromatic heterocycles. The Kier molecular flexibility index (Phi) is 8.56. The van der Waals surface area contributed by atoms with Crippen molar-refractivity contribution in [3.63, 3.8) is 0 Å². The van der Waals surface area contributed by atoms with Gasteiger partial charge in [-0.25, -0.2) is 0 Å². The standard InChI is InChI=1S/C28H41NO6/c1-17-10-9-12-28(6)23(35-28)15-21(18(2)14-20-11-7-8-13-29-20)34-24(31)16-22(30)27(4,5)26(33)19(3)25(17)32/h7-8,11,13-14,17,19,21-23,25,30,32H,9-10,12,15-16H2,1-6H3/t17-,19+,21?,22-,23+,25-,28-/m0/s1. The van der Waals surface area contributed by atoms with Crippen LogP contribution in [0.3, 0.4) is 0 Å². The molecular formula is C28H41NO6. The minimum Gasteiger partial charge on any atom is -0.458 e. The number of cyclic esters (lactones) is 1. The molecule has 2 aliphatic rings. The van der Waals surface area contributed by atoms with Gasteiger partial charge < -0.3 is 19.7 Å². The van der Waals surface area contributed by atoms with Crippen molar-refractivity contribution in [2.75, 3.05) is 0 Å². The first-order chi connectivity index (χ1) is 16.3. The van der Waals surface area contributed by atoms with Crippen molar-refractivity contribution in [2.24, 2.45) is 17.3 Å². The number of carbonyl (C=O) groups excluding carboxylic acids is 2. The molecule has 0 saturated carbocycles. The van der Waals surface area contributed by atoms with Gasteiger partial charge in [-0.3, -0.25) is 14.6 Å². The van der Waals surface area contributed by atoms with E-state index < -0.39 is 35.6 Å². The monoisotopic (exact) mass is 487 g/mol. The van der Waals surface area contributed by atoms with Gasteiger partial charge in [0.2, 0.25) is 0 Å². The summed E-state index contributed by atoms with van der Waals surface area (Å²) in [6.45, 7) is 10.9. The Morgan fingerprint density at radius 2 is 1.89 bits per heavy atom. The molecule has 2 fully saturated rings. The summed E-state index contributed by atoms with van der Waals surface area (Å²) in [5.74, 6) is -1.56. The smallest absolute Gasteiger partial charge is 0.309 e. The number of hydrogen-bond acceptors (Lipinski definition) is 7. The number of aromatic nitrogens is 1. The summed E-state index contributed by atoms with van der Waals surface area (Å²) >= 11 is 0. The van der Waals surface area contributed by atoms with E-state index in [-0.39, 0.29) is 29.8 Å². The van der Waals surface area contributed by atoms with Crippen molar-refractivity contribution in [3.05, 3.63) is 35.7 Å². The van der Waals surface area contributed by atoms with E-state index in [1.54, 1.807) is 27.0 Å². The fraction of sp³-hybridized carbons (Fsp3) is 0.679. The van der Waals surface area contributed by atoms with Crippen LogP contribution in [0, 0.1) is 17.3 Å². The number of rotatable bonds is 2. The quantitative estimate of drug-likeness (QED) is 0.477. The SMILES string of the molecule is CC(=Cc1ccccn1)C1C[C@H]2O[C@@]2(C)CCC[C@H](C)[C@H](O)[C@@H](C)C(=O)C(C)(C)[C@@H](O)CC(=O)O1. The Hall–Kier alpha value is -2.09. The molecule has 2 aliphatic heterocycles. The average molecular weight is 488 g/mol. The van der Waals surface area contributed by atoms with Crippen molar-refractivity contribution < 1.29 is 29.3 Å². The number of carbonyl (C=O) groups is 2. The van der Waals surface area contributed by atoms with E-state index in [1.807, 2.05) is 38.1 Å². The number of fused-ring (bicyclic) bond motifs is 1. The number of aliphatic hydroxyl groups is 2. The van der Waals surface area contributed by atoms with Gasteiger partial charge in [0.15, 0.2) is 0 Å². The minimum atomic E-state index is -1.23. The number of nitrogens with zero attached hydrogens (tertiary/aromatic N) is 1. The second kappa shape index (κ2) is 10.9. The molecule has 0 aliphatic carbocycles. The number of esters is 1. The van der Waals surface area contributed by atoms with E-state index in [1.165, 1.54) is 0 Å². The lowest BCUT2D eigenvalue weighted by molar-refractivity contribution is -0.154. The number of aliphatic hydroxyl groups excluding tert-OH is 2. The van der Waals surface area contributed by atoms with Crippen LogP contribution >= 0.6 is 0 Å². The summed E-state index contributed by atoms with van der Waals surface area (Å²) in [6, 6.07) is 5.62.